The molecule has 1 aromatic carbocycles. The van der Waals surface area contributed by atoms with Crippen LogP contribution in [0.4, 0.5) is 13.2 Å². The van der Waals surface area contributed by atoms with Crippen molar-refractivity contribution in [2.75, 3.05) is 0 Å². The second-order valence-electron chi connectivity index (χ2n) is 4.94. The molecule has 1 unspecified atom stereocenters. The highest BCUT2D eigenvalue weighted by molar-refractivity contribution is 6.02. The molecule has 0 aliphatic carbocycles. The van der Waals surface area contributed by atoms with Gasteiger partial charge >= 0.3 is 12.1 Å². The zero-order valence-electron chi connectivity index (χ0n) is 11.5. The Balaban J connectivity index is 2.73. The molecule has 0 bridgehead atoms. The lowest BCUT2D eigenvalue weighted by Gasteiger charge is -2.13. The minimum Gasteiger partial charge on any atom is -0.478 e. The Labute approximate surface area is 119 Å². The van der Waals surface area contributed by atoms with E-state index in [1.54, 1.807) is 0 Å². The van der Waals surface area contributed by atoms with Gasteiger partial charge in [-0.1, -0.05) is 13.8 Å². The number of fused-ring (bicyclic) bond motifs is 1. The number of carbonyl (C=O) groups is 1. The first-order valence-corrected chi connectivity index (χ1v) is 6.49. The largest absolute Gasteiger partial charge is 0.478 e. The third kappa shape index (κ3) is 2.99. The van der Waals surface area contributed by atoms with Crippen LogP contribution in [-0.2, 0) is 6.18 Å². The molecule has 6 heteroatoms. The summed E-state index contributed by atoms with van der Waals surface area (Å²) in [7, 11) is 0. The number of halogens is 3. The molecule has 112 valence electrons. The summed E-state index contributed by atoms with van der Waals surface area (Å²) in [6.45, 7) is 3.83. The van der Waals surface area contributed by atoms with Crippen molar-refractivity contribution >= 4 is 16.9 Å². The number of benzene rings is 1. The van der Waals surface area contributed by atoms with Crippen molar-refractivity contribution in [1.82, 2.24) is 4.98 Å². The fourth-order valence-corrected chi connectivity index (χ4v) is 2.06. The summed E-state index contributed by atoms with van der Waals surface area (Å²) >= 11 is 0. The first-order valence-electron chi connectivity index (χ1n) is 6.49. The van der Waals surface area contributed by atoms with E-state index >= 15 is 0 Å². The Hall–Kier alpha value is -2.11. The van der Waals surface area contributed by atoms with Gasteiger partial charge in [0.25, 0.3) is 0 Å². The predicted octanol–water partition coefficient (Wildman–Crippen LogP) is 4.47. The van der Waals surface area contributed by atoms with E-state index < -0.39 is 17.7 Å². The Morgan fingerprint density at radius 2 is 2.00 bits per heavy atom. The normalized spacial score (nSPS) is 13.4. The monoisotopic (exact) mass is 297 g/mol. The molecule has 1 atom stereocenters. The smallest absolute Gasteiger partial charge is 0.416 e. The summed E-state index contributed by atoms with van der Waals surface area (Å²) in [5, 5.41) is 9.25. The Morgan fingerprint density at radius 3 is 2.52 bits per heavy atom. The molecule has 0 amide bonds. The summed E-state index contributed by atoms with van der Waals surface area (Å²) in [5.74, 6) is -1.22. The SMILES string of the molecule is CCC(C)c1cc(C(=O)O)c2cc(C(F)(F)F)ccc2n1. The van der Waals surface area contributed by atoms with Crippen molar-refractivity contribution in [2.24, 2.45) is 0 Å². The Bertz CT molecular complexity index is 695. The Kier molecular flexibility index (Phi) is 3.89. The highest BCUT2D eigenvalue weighted by Crippen LogP contribution is 2.33. The number of pyridine rings is 1. The van der Waals surface area contributed by atoms with E-state index in [4.69, 9.17) is 0 Å². The van der Waals surface area contributed by atoms with E-state index in [9.17, 15) is 23.1 Å². The van der Waals surface area contributed by atoms with Gasteiger partial charge in [0.2, 0.25) is 0 Å². The average molecular weight is 297 g/mol. The predicted molar refractivity (Wildman–Crippen MR) is 72.4 cm³/mol. The van der Waals surface area contributed by atoms with E-state index in [0.29, 0.717) is 5.69 Å². The number of carboxylic acid groups (broad SMARTS) is 1. The van der Waals surface area contributed by atoms with Gasteiger partial charge in [0.15, 0.2) is 0 Å². The van der Waals surface area contributed by atoms with Crippen LogP contribution in [0.5, 0.6) is 0 Å². The quantitative estimate of drug-likeness (QED) is 0.909. The van der Waals surface area contributed by atoms with Crippen LogP contribution in [0.1, 0.15) is 47.8 Å². The molecule has 0 aliphatic heterocycles. The molecule has 1 aromatic heterocycles. The van der Waals surface area contributed by atoms with Gasteiger partial charge in [-0.2, -0.15) is 13.2 Å². The highest BCUT2D eigenvalue weighted by atomic mass is 19.4. The molecular weight excluding hydrogens is 283 g/mol. The van der Waals surface area contributed by atoms with E-state index in [1.165, 1.54) is 12.1 Å². The number of hydrogen-bond donors (Lipinski definition) is 1. The maximum Gasteiger partial charge on any atom is 0.416 e. The molecule has 0 saturated heterocycles. The summed E-state index contributed by atoms with van der Waals surface area (Å²) in [4.78, 5) is 15.6. The van der Waals surface area contributed by atoms with Crippen LogP contribution in [-0.4, -0.2) is 16.1 Å². The molecule has 0 radical (unpaired) electrons. The second-order valence-corrected chi connectivity index (χ2v) is 4.94. The minimum atomic E-state index is -4.51. The first kappa shape index (κ1) is 15.3. The molecule has 0 saturated carbocycles. The van der Waals surface area contributed by atoms with E-state index in [2.05, 4.69) is 4.98 Å². The number of nitrogens with zero attached hydrogens (tertiary/aromatic N) is 1. The van der Waals surface area contributed by atoms with E-state index in [0.717, 1.165) is 18.6 Å². The van der Waals surface area contributed by atoms with Gasteiger partial charge in [-0.15, -0.1) is 0 Å². The van der Waals surface area contributed by atoms with Gasteiger partial charge in [-0.3, -0.25) is 4.98 Å². The van der Waals surface area contributed by atoms with Crippen molar-refractivity contribution < 1.29 is 23.1 Å². The standard InChI is InChI=1S/C15H14F3NO2/c1-3-8(2)13-7-11(14(20)21)10-6-9(15(16,17)18)4-5-12(10)19-13/h4-8H,3H2,1-2H3,(H,20,21). The molecule has 2 rings (SSSR count). The lowest BCUT2D eigenvalue weighted by atomic mass is 9.99. The van der Waals surface area contributed by atoms with Crippen LogP contribution in [0, 0.1) is 0 Å². The summed E-state index contributed by atoms with van der Waals surface area (Å²) < 4.78 is 38.2. The van der Waals surface area contributed by atoms with Crippen molar-refractivity contribution in [3.8, 4) is 0 Å². The number of aromatic carboxylic acids is 1. The van der Waals surface area contributed by atoms with E-state index in [1.807, 2.05) is 13.8 Å². The molecule has 1 heterocycles. The lowest BCUT2D eigenvalue weighted by molar-refractivity contribution is -0.137. The summed E-state index contributed by atoms with van der Waals surface area (Å²) in [6.07, 6.45) is -3.75. The fourth-order valence-electron chi connectivity index (χ4n) is 2.06. The fraction of sp³-hybridized carbons (Fsp3) is 0.333. The van der Waals surface area contributed by atoms with E-state index in [-0.39, 0.29) is 22.4 Å². The molecule has 3 nitrogen and oxygen atoms in total. The van der Waals surface area contributed by atoms with Crippen LogP contribution in [0.25, 0.3) is 10.9 Å². The number of carboxylic acids is 1. The van der Waals surface area contributed by atoms with Gasteiger partial charge in [0.1, 0.15) is 0 Å². The number of alkyl halides is 3. The number of aromatic nitrogens is 1. The van der Waals surface area contributed by atoms with Gasteiger partial charge in [0, 0.05) is 11.1 Å². The third-order valence-corrected chi connectivity index (χ3v) is 3.50. The summed E-state index contributed by atoms with van der Waals surface area (Å²) in [6, 6.07) is 4.34. The first-order chi connectivity index (χ1) is 9.74. The molecule has 0 spiro atoms. The van der Waals surface area contributed by atoms with Crippen molar-refractivity contribution in [3.05, 3.63) is 41.1 Å². The molecular formula is C15H14F3NO2. The average Bonchev–Trinajstić information content (AvgIpc) is 2.43. The molecule has 1 N–H and O–H groups in total. The molecule has 21 heavy (non-hydrogen) atoms. The van der Waals surface area contributed by atoms with Crippen LogP contribution in [0.2, 0.25) is 0 Å². The zero-order valence-corrected chi connectivity index (χ0v) is 11.5. The summed E-state index contributed by atoms with van der Waals surface area (Å²) in [5.41, 5.74) is -0.197. The number of rotatable bonds is 3. The molecule has 0 aliphatic rings. The maximum atomic E-state index is 12.7. The highest BCUT2D eigenvalue weighted by Gasteiger charge is 2.31. The Morgan fingerprint density at radius 1 is 1.33 bits per heavy atom. The van der Waals surface area contributed by atoms with Crippen LogP contribution in [0.3, 0.4) is 0 Å². The number of hydrogen-bond acceptors (Lipinski definition) is 2. The maximum absolute atomic E-state index is 12.7. The van der Waals surface area contributed by atoms with Crippen LogP contribution < -0.4 is 0 Å². The van der Waals surface area contributed by atoms with Crippen molar-refractivity contribution in [2.45, 2.75) is 32.4 Å². The van der Waals surface area contributed by atoms with Crippen molar-refractivity contribution in [3.63, 3.8) is 0 Å². The minimum absolute atomic E-state index is 0.00405. The van der Waals surface area contributed by atoms with Crippen LogP contribution in [0.15, 0.2) is 24.3 Å². The van der Waals surface area contributed by atoms with Gasteiger partial charge in [0.05, 0.1) is 16.6 Å². The van der Waals surface area contributed by atoms with Gasteiger partial charge < -0.3 is 5.11 Å². The second kappa shape index (κ2) is 5.35. The lowest BCUT2D eigenvalue weighted by Crippen LogP contribution is -2.08. The van der Waals surface area contributed by atoms with Crippen LogP contribution >= 0.6 is 0 Å². The van der Waals surface area contributed by atoms with Crippen molar-refractivity contribution in [1.29, 1.82) is 0 Å². The zero-order chi connectivity index (χ0) is 15.8. The van der Waals surface area contributed by atoms with Gasteiger partial charge in [-0.25, -0.2) is 4.79 Å². The molecule has 2 aromatic rings. The topological polar surface area (TPSA) is 50.2 Å². The van der Waals surface area contributed by atoms with Gasteiger partial charge in [-0.05, 0) is 36.6 Å². The molecule has 0 fully saturated rings. The third-order valence-electron chi connectivity index (χ3n) is 3.50.